The van der Waals surface area contributed by atoms with E-state index in [1.165, 1.54) is 0 Å². The van der Waals surface area contributed by atoms with Crippen LogP contribution in [-0.2, 0) is 19.1 Å². The van der Waals surface area contributed by atoms with Gasteiger partial charge in [-0.2, -0.15) is 0 Å². The second-order valence-electron chi connectivity index (χ2n) is 7.09. The zero-order valence-corrected chi connectivity index (χ0v) is 19.7. The van der Waals surface area contributed by atoms with Crippen molar-refractivity contribution in [2.45, 2.75) is 91.5 Å². The van der Waals surface area contributed by atoms with Gasteiger partial charge in [-0.05, 0) is 24.7 Å². The van der Waals surface area contributed by atoms with Crippen LogP contribution in [0.4, 0.5) is 0 Å². The molecule has 0 heterocycles. The molecule has 0 spiro atoms. The Labute approximate surface area is 182 Å². The van der Waals surface area contributed by atoms with E-state index in [1.54, 1.807) is 0 Å². The molecule has 0 bridgehead atoms. The normalized spacial score (nSPS) is 14.0. The Morgan fingerprint density at radius 1 is 0.889 bits per heavy atom. The number of hydrogen-bond acceptors (Lipinski definition) is 5. The van der Waals surface area contributed by atoms with E-state index in [0.717, 1.165) is 51.4 Å². The van der Waals surface area contributed by atoms with Gasteiger partial charge in [-0.1, -0.05) is 66.2 Å². The molecule has 0 aromatic rings. The van der Waals surface area contributed by atoms with Crippen molar-refractivity contribution < 1.29 is 48.5 Å². The smallest absolute Gasteiger partial charge is 0.365 e. The molecule has 27 heavy (non-hydrogen) atoms. The summed E-state index contributed by atoms with van der Waals surface area (Å²) in [7, 11) is 0. The highest BCUT2D eigenvalue weighted by atomic mass is 127. The third kappa shape index (κ3) is 14.3. The van der Waals surface area contributed by atoms with Gasteiger partial charge < -0.3 is 44.1 Å². The summed E-state index contributed by atoms with van der Waals surface area (Å²) in [5, 5.41) is 11.2. The molecule has 3 unspecified atom stereocenters. The van der Waals surface area contributed by atoms with Crippen molar-refractivity contribution in [3.63, 3.8) is 0 Å². The van der Waals surface area contributed by atoms with E-state index in [-0.39, 0.29) is 30.4 Å². The Bertz CT molecular complexity index is 381. The van der Waals surface area contributed by atoms with Gasteiger partial charge in [-0.15, -0.1) is 0 Å². The number of ether oxygens (including phenoxy) is 2. The summed E-state index contributed by atoms with van der Waals surface area (Å²) in [5.41, 5.74) is 0.491. The minimum absolute atomic E-state index is 0. The Kier molecular flexibility index (Phi) is 20.2. The van der Waals surface area contributed by atoms with E-state index in [0.29, 0.717) is 30.5 Å². The van der Waals surface area contributed by atoms with Crippen LogP contribution < -0.4 is 29.5 Å². The molecule has 0 aromatic heterocycles. The van der Waals surface area contributed by atoms with Crippen LogP contribution in [0.5, 0.6) is 0 Å². The molecule has 0 aromatic carbocycles. The topological polar surface area (TPSA) is 92.3 Å². The van der Waals surface area contributed by atoms with Gasteiger partial charge in [0.2, 0.25) is 0 Å². The van der Waals surface area contributed by atoms with Crippen molar-refractivity contribution in [3.8, 4) is 0 Å². The molecular formula is C20H39INO5-. The van der Waals surface area contributed by atoms with Gasteiger partial charge in [-0.25, -0.2) is 4.79 Å². The first-order valence-electron chi connectivity index (χ1n) is 10.3. The van der Waals surface area contributed by atoms with Crippen LogP contribution >= 0.6 is 0 Å². The van der Waals surface area contributed by atoms with Crippen molar-refractivity contribution in [1.82, 2.24) is 0 Å². The average molecular weight is 500 g/mol. The third-order valence-electron chi connectivity index (χ3n) is 4.88. The van der Waals surface area contributed by atoms with Crippen molar-refractivity contribution >= 4 is 11.9 Å². The van der Waals surface area contributed by atoms with Crippen LogP contribution in [0.25, 0.3) is 0 Å². The average Bonchev–Trinajstić information content (AvgIpc) is 2.66. The van der Waals surface area contributed by atoms with Gasteiger partial charge in [0.25, 0.3) is 0 Å². The van der Waals surface area contributed by atoms with Gasteiger partial charge in [0, 0.05) is 0 Å². The molecule has 0 amide bonds. The molecule has 0 saturated heterocycles. The summed E-state index contributed by atoms with van der Waals surface area (Å²) in [6, 6.07) is -1.07. The first kappa shape index (κ1) is 28.8. The molecule has 0 aliphatic rings. The standard InChI is InChI=1S/C20H39NO5.HI/c1-5-9-11-16(7-3)14-25-19(22)13-18(21-24)20(23)26-15-17(8-4)12-10-6-2;/h16-18H,5-15,21H2,1-4H3;1H/p-1. The molecule has 0 fully saturated rings. The zero-order valence-electron chi connectivity index (χ0n) is 17.5. The summed E-state index contributed by atoms with van der Waals surface area (Å²) >= 11 is 0. The minimum atomic E-state index is -1.07. The highest BCUT2D eigenvalue weighted by Crippen LogP contribution is 2.14. The Morgan fingerprint density at radius 2 is 1.37 bits per heavy atom. The largest absolute Gasteiger partial charge is 1.00 e. The zero-order chi connectivity index (χ0) is 19.8. The maximum Gasteiger partial charge on any atom is 0.365 e. The van der Waals surface area contributed by atoms with Gasteiger partial charge >= 0.3 is 11.9 Å². The Hall–Kier alpha value is -0.410. The van der Waals surface area contributed by atoms with Gasteiger partial charge in [-0.3, -0.25) is 4.79 Å². The fourth-order valence-electron chi connectivity index (χ4n) is 2.74. The number of halogens is 1. The van der Waals surface area contributed by atoms with Crippen molar-refractivity contribution in [2.24, 2.45) is 11.8 Å². The molecular weight excluding hydrogens is 461 g/mol. The second-order valence-corrected chi connectivity index (χ2v) is 7.09. The number of hydrogen-bond donors (Lipinski definition) is 1. The lowest BCUT2D eigenvalue weighted by molar-refractivity contribution is -0.614. The van der Waals surface area contributed by atoms with E-state index in [1.807, 2.05) is 0 Å². The predicted molar refractivity (Wildman–Crippen MR) is 102 cm³/mol. The number of hydroxylamine groups is 1. The molecule has 0 rings (SSSR count). The van der Waals surface area contributed by atoms with Crippen LogP contribution in [0, 0.1) is 17.0 Å². The Morgan fingerprint density at radius 3 is 1.78 bits per heavy atom. The van der Waals surface area contributed by atoms with E-state index >= 15 is 0 Å². The highest BCUT2D eigenvalue weighted by molar-refractivity contribution is 5.81. The molecule has 0 aliphatic carbocycles. The maximum absolute atomic E-state index is 12.1. The Balaban J connectivity index is 0. The molecule has 3 atom stereocenters. The summed E-state index contributed by atoms with van der Waals surface area (Å²) in [6.07, 6.45) is 8.08. The SMILES string of the molecule is CCCCC(CC)COC(=O)CC([NH2+][O-])C(=O)OCC(CC)CCCC.[I-]. The van der Waals surface area contributed by atoms with Crippen molar-refractivity contribution in [1.29, 1.82) is 0 Å². The molecule has 162 valence electrons. The van der Waals surface area contributed by atoms with E-state index in [2.05, 4.69) is 27.7 Å². The van der Waals surface area contributed by atoms with Crippen LogP contribution in [0.15, 0.2) is 0 Å². The lowest BCUT2D eigenvalue weighted by Gasteiger charge is -2.19. The van der Waals surface area contributed by atoms with E-state index in [9.17, 15) is 14.8 Å². The van der Waals surface area contributed by atoms with Gasteiger partial charge in [0.15, 0.2) is 6.04 Å². The van der Waals surface area contributed by atoms with Crippen molar-refractivity contribution in [2.75, 3.05) is 13.2 Å². The first-order valence-corrected chi connectivity index (χ1v) is 10.3. The first-order chi connectivity index (χ1) is 12.5. The van der Waals surface area contributed by atoms with Crippen LogP contribution in [-0.4, -0.2) is 31.2 Å². The minimum Gasteiger partial charge on any atom is -1.00 e. The summed E-state index contributed by atoms with van der Waals surface area (Å²) < 4.78 is 10.5. The number of esters is 2. The maximum atomic E-state index is 12.1. The summed E-state index contributed by atoms with van der Waals surface area (Å²) in [4.78, 5) is 24.0. The fourth-order valence-corrected chi connectivity index (χ4v) is 2.74. The quantitative estimate of drug-likeness (QED) is 0.187. The highest BCUT2D eigenvalue weighted by Gasteiger charge is 2.26. The second kappa shape index (κ2) is 18.9. The van der Waals surface area contributed by atoms with Gasteiger partial charge in [0.1, 0.15) is 6.42 Å². The number of carbonyl (C=O) groups is 2. The van der Waals surface area contributed by atoms with Crippen molar-refractivity contribution in [3.05, 3.63) is 5.21 Å². The number of rotatable bonds is 16. The molecule has 0 saturated carbocycles. The molecule has 0 radical (unpaired) electrons. The molecule has 7 heteroatoms. The number of nitrogens with two attached hydrogens (primary N) is 1. The van der Waals surface area contributed by atoms with Crippen LogP contribution in [0.2, 0.25) is 0 Å². The predicted octanol–water partition coefficient (Wildman–Crippen LogP) is 0.330. The van der Waals surface area contributed by atoms with E-state index < -0.39 is 18.0 Å². The third-order valence-corrected chi connectivity index (χ3v) is 4.88. The lowest BCUT2D eigenvalue weighted by atomic mass is 10.0. The van der Waals surface area contributed by atoms with Gasteiger partial charge in [0.05, 0.1) is 13.2 Å². The summed E-state index contributed by atoms with van der Waals surface area (Å²) in [6.45, 7) is 9.05. The fraction of sp³-hybridized carbons (Fsp3) is 0.900. The monoisotopic (exact) mass is 500 g/mol. The molecule has 2 N–H and O–H groups in total. The number of carbonyl (C=O) groups excluding carboxylic acids is 2. The van der Waals surface area contributed by atoms with Crippen LogP contribution in [0.3, 0.4) is 0 Å². The molecule has 6 nitrogen and oxygen atoms in total. The summed E-state index contributed by atoms with van der Waals surface area (Å²) in [5.74, 6) is -0.483. The number of unbranched alkanes of at least 4 members (excludes halogenated alkanes) is 2. The lowest BCUT2D eigenvalue weighted by Crippen LogP contribution is -3.00. The van der Waals surface area contributed by atoms with Crippen LogP contribution in [0.1, 0.15) is 85.5 Å². The van der Waals surface area contributed by atoms with E-state index in [4.69, 9.17) is 9.47 Å². The molecule has 0 aliphatic heterocycles. The number of quaternary nitrogens is 1.